The lowest BCUT2D eigenvalue weighted by Crippen LogP contribution is -2.70. The van der Waals surface area contributed by atoms with Crippen LogP contribution in [0, 0.1) is 0 Å². The molecule has 0 aromatic heterocycles. The van der Waals surface area contributed by atoms with Crippen molar-refractivity contribution in [3.8, 4) is 0 Å². The number of hydrogen-bond donors (Lipinski definition) is 14. The number of carbonyl (C=O) groups excluding carboxylic acids is 2. The SMILES string of the molecule is CCCCC/C=C\C/C=C\CCCCCCCCCC(=O)NC(COC1OC(CO)C(OC2OC(CO)C(O)C(OC3(C(=O)O)CC(O)C(NC(C)=O)C(C(O)C(O)CO)O3)C2O)C(O)C1O)C(O)CCCCCCCCCCCCCCCCCCCCCCC. The molecule has 3 rings (SSSR count). The van der Waals surface area contributed by atoms with Gasteiger partial charge >= 0.3 is 5.97 Å². The lowest BCUT2D eigenvalue weighted by molar-refractivity contribution is -0.386. The molecule has 18 atom stereocenters. The zero-order valence-corrected chi connectivity index (χ0v) is 56.2. The van der Waals surface area contributed by atoms with Crippen LogP contribution in [0.25, 0.3) is 0 Å². The molecule has 0 aromatic rings. The van der Waals surface area contributed by atoms with Crippen molar-refractivity contribution >= 4 is 17.8 Å². The lowest BCUT2D eigenvalue weighted by atomic mass is 9.88. The Labute approximate surface area is 549 Å². The van der Waals surface area contributed by atoms with Gasteiger partial charge in [-0.25, -0.2) is 4.79 Å². The Bertz CT molecular complexity index is 1960. The first-order valence-corrected chi connectivity index (χ1v) is 35.7. The molecule has 3 aliphatic heterocycles. The summed E-state index contributed by atoms with van der Waals surface area (Å²) in [7, 11) is 0. The van der Waals surface area contributed by atoms with Crippen LogP contribution in [0.3, 0.4) is 0 Å². The number of carboxylic acids is 1. The van der Waals surface area contributed by atoms with Crippen molar-refractivity contribution in [3.63, 3.8) is 0 Å². The molecule has 92 heavy (non-hydrogen) atoms. The van der Waals surface area contributed by atoms with Crippen molar-refractivity contribution in [2.75, 3.05) is 26.4 Å². The van der Waals surface area contributed by atoms with Gasteiger partial charge in [0.1, 0.15) is 67.1 Å². The number of aliphatic carboxylic acids is 1. The van der Waals surface area contributed by atoms with Crippen molar-refractivity contribution in [1.82, 2.24) is 10.6 Å². The first-order valence-electron chi connectivity index (χ1n) is 35.7. The second-order valence-corrected chi connectivity index (χ2v) is 26.1. The maximum atomic E-state index is 13.5. The van der Waals surface area contributed by atoms with Crippen LogP contribution in [-0.2, 0) is 42.8 Å². The topological polar surface area (TPSA) is 373 Å². The van der Waals surface area contributed by atoms with Crippen molar-refractivity contribution in [3.05, 3.63) is 24.3 Å². The van der Waals surface area contributed by atoms with Gasteiger partial charge in [-0.15, -0.1) is 0 Å². The third kappa shape index (κ3) is 31.6. The number of rotatable bonds is 54. The highest BCUT2D eigenvalue weighted by Crippen LogP contribution is 2.39. The number of nitrogens with one attached hydrogen (secondary N) is 2. The van der Waals surface area contributed by atoms with E-state index in [1.807, 2.05) is 0 Å². The monoisotopic (exact) mass is 1320 g/mol. The number of carboxylic acid groups (broad SMARTS) is 1. The van der Waals surface area contributed by atoms with E-state index in [-0.39, 0.29) is 18.9 Å². The number of hydrogen-bond acceptors (Lipinski definition) is 20. The molecule has 2 amide bonds. The molecule has 18 unspecified atom stereocenters. The Morgan fingerprint density at radius 3 is 1.54 bits per heavy atom. The zero-order valence-electron chi connectivity index (χ0n) is 56.2. The van der Waals surface area contributed by atoms with Crippen molar-refractivity contribution in [1.29, 1.82) is 0 Å². The van der Waals surface area contributed by atoms with Crippen LogP contribution in [0.1, 0.15) is 258 Å². The summed E-state index contributed by atoms with van der Waals surface area (Å²) < 4.78 is 34.9. The van der Waals surface area contributed by atoms with Gasteiger partial charge in [-0.3, -0.25) is 9.59 Å². The van der Waals surface area contributed by atoms with Crippen LogP contribution in [-0.4, -0.2) is 215 Å². The number of ether oxygens (including phenoxy) is 6. The lowest BCUT2D eigenvalue weighted by Gasteiger charge is -2.50. The molecule has 14 N–H and O–H groups in total. The van der Waals surface area contributed by atoms with Gasteiger partial charge in [0.15, 0.2) is 12.6 Å². The number of unbranched alkanes of at least 4 members (excludes halogenated alkanes) is 30. The number of aliphatic hydroxyl groups is 11. The summed E-state index contributed by atoms with van der Waals surface area (Å²) in [6.45, 7) is 2.18. The molecule has 0 radical (unpaired) electrons. The van der Waals surface area contributed by atoms with E-state index in [4.69, 9.17) is 28.4 Å². The molecule has 3 fully saturated rings. The van der Waals surface area contributed by atoms with E-state index in [0.717, 1.165) is 90.4 Å². The molecule has 0 aromatic carbocycles. The van der Waals surface area contributed by atoms with E-state index in [0.29, 0.717) is 19.3 Å². The van der Waals surface area contributed by atoms with Gasteiger partial charge in [-0.05, 0) is 44.9 Å². The van der Waals surface area contributed by atoms with Crippen LogP contribution in [0.5, 0.6) is 0 Å². The third-order valence-corrected chi connectivity index (χ3v) is 18.2. The van der Waals surface area contributed by atoms with Gasteiger partial charge < -0.3 is 100 Å². The van der Waals surface area contributed by atoms with E-state index >= 15 is 0 Å². The normalized spacial score (nSPS) is 28.3. The van der Waals surface area contributed by atoms with Crippen LogP contribution in [0.4, 0.5) is 0 Å². The Hall–Kier alpha value is -2.79. The highest BCUT2D eigenvalue weighted by Gasteiger charge is 2.60. The summed E-state index contributed by atoms with van der Waals surface area (Å²) in [5, 5.41) is 136. The van der Waals surface area contributed by atoms with Crippen molar-refractivity contribution < 1.29 is 104 Å². The van der Waals surface area contributed by atoms with Gasteiger partial charge in [0.2, 0.25) is 11.8 Å². The number of allylic oxidation sites excluding steroid dienone is 4. The molecule has 538 valence electrons. The van der Waals surface area contributed by atoms with E-state index in [2.05, 4.69) is 48.8 Å². The Kier molecular flexibility index (Phi) is 45.1. The standard InChI is InChI=1S/C69H126N2O21/c1-4-6-8-10-12-14-16-18-20-22-23-24-25-27-28-30-32-34-36-38-40-42-51(76)50(71-56(79)43-41-39-37-35-33-31-29-26-21-19-17-15-13-11-9-7-5-2)48-87-66-61(83)60(82)63(55(47-74)89-66)90-67-62(84)65(59(81)54(46-73)88-67)92-69(68(85)86)44-52(77)57(70-49(3)75)64(91-69)58(80)53(78)45-72/h13,15,19,21,50-55,57-67,72-74,76-78,80-84H,4-12,14,16-18,20,22-48H2,1-3H3,(H,70,75)(H,71,79)(H,85,86)/b15-13-,21-19-. The van der Waals surface area contributed by atoms with E-state index in [9.17, 15) is 75.7 Å². The Morgan fingerprint density at radius 2 is 1.04 bits per heavy atom. The van der Waals surface area contributed by atoms with Gasteiger partial charge in [0.25, 0.3) is 5.79 Å². The molecule has 0 spiro atoms. The molecule has 3 saturated heterocycles. The second-order valence-electron chi connectivity index (χ2n) is 26.1. The molecule has 23 nitrogen and oxygen atoms in total. The van der Waals surface area contributed by atoms with Gasteiger partial charge in [-0.2, -0.15) is 0 Å². The maximum Gasteiger partial charge on any atom is 0.364 e. The Balaban J connectivity index is 1.58. The van der Waals surface area contributed by atoms with E-state index in [1.54, 1.807) is 0 Å². The summed E-state index contributed by atoms with van der Waals surface area (Å²) in [6, 6.07) is -2.54. The number of aliphatic hydroxyl groups excluding tert-OH is 11. The van der Waals surface area contributed by atoms with E-state index < -0.39 is 148 Å². The van der Waals surface area contributed by atoms with Crippen LogP contribution < -0.4 is 10.6 Å². The van der Waals surface area contributed by atoms with Gasteiger partial charge in [0, 0.05) is 19.8 Å². The van der Waals surface area contributed by atoms with Crippen LogP contribution in [0.2, 0.25) is 0 Å². The molecule has 3 heterocycles. The van der Waals surface area contributed by atoms with Gasteiger partial charge in [-0.1, -0.05) is 218 Å². The largest absolute Gasteiger partial charge is 0.477 e. The van der Waals surface area contributed by atoms with Crippen LogP contribution >= 0.6 is 0 Å². The third-order valence-electron chi connectivity index (χ3n) is 18.2. The van der Waals surface area contributed by atoms with Gasteiger partial charge in [0.05, 0.1) is 50.7 Å². The van der Waals surface area contributed by atoms with Crippen LogP contribution in [0.15, 0.2) is 24.3 Å². The summed E-state index contributed by atoms with van der Waals surface area (Å²) in [4.78, 5) is 38.6. The molecular formula is C69H126N2O21. The highest BCUT2D eigenvalue weighted by atomic mass is 16.8. The molecule has 23 heteroatoms. The fraction of sp³-hybridized carbons (Fsp3) is 0.899. The van der Waals surface area contributed by atoms with Crippen molar-refractivity contribution in [2.24, 2.45) is 0 Å². The summed E-state index contributed by atoms with van der Waals surface area (Å²) in [5.74, 6) is -6.11. The minimum Gasteiger partial charge on any atom is -0.477 e. The highest BCUT2D eigenvalue weighted by molar-refractivity contribution is 5.77. The summed E-state index contributed by atoms with van der Waals surface area (Å²) in [6.07, 6.45) is 20.3. The fourth-order valence-corrected chi connectivity index (χ4v) is 12.5. The average molecular weight is 1320 g/mol. The van der Waals surface area contributed by atoms with E-state index in [1.165, 1.54) is 122 Å². The Morgan fingerprint density at radius 1 is 0.565 bits per heavy atom. The predicted molar refractivity (Wildman–Crippen MR) is 348 cm³/mol. The molecule has 0 saturated carbocycles. The van der Waals surface area contributed by atoms with Crippen molar-refractivity contribution in [2.45, 2.75) is 368 Å². The quantitative estimate of drug-likeness (QED) is 0.0219. The molecule has 0 bridgehead atoms. The summed E-state index contributed by atoms with van der Waals surface area (Å²) in [5.41, 5.74) is 0. The first-order chi connectivity index (χ1) is 44.4. The molecule has 3 aliphatic rings. The predicted octanol–water partition coefficient (Wildman–Crippen LogP) is 6.84. The summed E-state index contributed by atoms with van der Waals surface area (Å²) >= 11 is 0. The zero-order chi connectivity index (χ0) is 67.5. The molecule has 0 aliphatic carbocycles. The first kappa shape index (κ1) is 83.4. The fourth-order valence-electron chi connectivity index (χ4n) is 12.5. The number of amides is 2. The minimum absolute atomic E-state index is 0.214. The average Bonchev–Trinajstić information content (AvgIpc) is 0.767. The minimum atomic E-state index is -3.08. The smallest absolute Gasteiger partial charge is 0.364 e. The molecular weight excluding hydrogens is 1190 g/mol. The maximum absolute atomic E-state index is 13.5. The second kappa shape index (κ2) is 49.7. The number of carbonyl (C=O) groups is 3.